The maximum atomic E-state index is 10.4. The fourth-order valence-corrected chi connectivity index (χ4v) is 4.24. The summed E-state index contributed by atoms with van der Waals surface area (Å²) in [7, 11) is -2.75. The largest absolute Gasteiger partial charge is 0.399 e. The molecule has 1 aromatic rings. The summed E-state index contributed by atoms with van der Waals surface area (Å²) in [5.41, 5.74) is 7.32. The molecule has 3 N–H and O–H groups in total. The molecule has 1 radical (unpaired) electrons. The molecule has 5 heteroatoms. The van der Waals surface area contributed by atoms with Crippen molar-refractivity contribution in [2.45, 2.75) is 38.6 Å². The van der Waals surface area contributed by atoms with Gasteiger partial charge in [0.25, 0.3) is 0 Å². The van der Waals surface area contributed by atoms with Crippen LogP contribution in [0.5, 0.6) is 0 Å². The lowest BCUT2D eigenvalue weighted by atomic mass is 10.2. The minimum atomic E-state index is -2.75. The van der Waals surface area contributed by atoms with Gasteiger partial charge in [0.15, 0.2) is 0 Å². The predicted molar refractivity (Wildman–Crippen MR) is 69.4 cm³/mol. The molecule has 17 heavy (non-hydrogen) atoms. The summed E-state index contributed by atoms with van der Waals surface area (Å²) in [5, 5.41) is 0. The van der Waals surface area contributed by atoms with Gasteiger partial charge in [-0.05, 0) is 31.5 Å². The molecule has 4 nitrogen and oxygen atoms in total. The Balaban J connectivity index is 2.08. The van der Waals surface area contributed by atoms with Crippen LogP contribution in [0.15, 0.2) is 24.3 Å². The van der Waals surface area contributed by atoms with Crippen LogP contribution in [0.1, 0.15) is 25.8 Å². The zero-order valence-corrected chi connectivity index (χ0v) is 11.1. The lowest BCUT2D eigenvalue weighted by molar-refractivity contribution is 0.0294. The minimum Gasteiger partial charge on any atom is -0.399 e. The Morgan fingerprint density at radius 2 is 1.76 bits per heavy atom. The lowest BCUT2D eigenvalue weighted by Crippen LogP contribution is -2.27. The van der Waals surface area contributed by atoms with Crippen molar-refractivity contribution in [3.8, 4) is 0 Å². The average molecular weight is 256 g/mol. The van der Waals surface area contributed by atoms with Crippen molar-refractivity contribution in [3.05, 3.63) is 29.8 Å². The van der Waals surface area contributed by atoms with Crippen LogP contribution in [0.2, 0.25) is 0 Å². The Kier molecular flexibility index (Phi) is 3.69. The summed E-state index contributed by atoms with van der Waals surface area (Å²) in [6.45, 7) is 3.93. The molecule has 1 aromatic carbocycles. The highest BCUT2D eigenvalue weighted by atomic mass is 31.2. The Bertz CT molecular complexity index is 372. The molecule has 2 rings (SSSR count). The molecule has 1 heterocycles. The van der Waals surface area contributed by atoms with Gasteiger partial charge in [-0.2, -0.15) is 0 Å². The first-order valence-electron chi connectivity index (χ1n) is 5.79. The third-order valence-corrected chi connectivity index (χ3v) is 4.86. The third-order valence-electron chi connectivity index (χ3n) is 2.72. The van der Waals surface area contributed by atoms with Gasteiger partial charge in [-0.15, -0.1) is 0 Å². The van der Waals surface area contributed by atoms with E-state index in [-0.39, 0.29) is 12.2 Å². The Labute approximate surface area is 102 Å². The molecular formula is C12H19NO3P. The van der Waals surface area contributed by atoms with Crippen molar-refractivity contribution in [1.29, 1.82) is 0 Å². The number of rotatable bonds is 2. The maximum Gasteiger partial charge on any atom is 0.235 e. The van der Waals surface area contributed by atoms with Gasteiger partial charge in [-0.25, -0.2) is 0 Å². The van der Waals surface area contributed by atoms with Gasteiger partial charge in [0.1, 0.15) is 0 Å². The highest BCUT2D eigenvalue weighted by Gasteiger charge is 2.37. The van der Waals surface area contributed by atoms with Gasteiger partial charge >= 0.3 is 0 Å². The molecule has 0 amide bonds. The van der Waals surface area contributed by atoms with Crippen LogP contribution in [-0.2, 0) is 15.2 Å². The molecule has 0 saturated carbocycles. The average Bonchev–Trinajstić information content (AvgIpc) is 2.19. The van der Waals surface area contributed by atoms with Gasteiger partial charge in [-0.1, -0.05) is 12.1 Å². The topological polar surface area (TPSA) is 64.7 Å². The van der Waals surface area contributed by atoms with Crippen molar-refractivity contribution in [2.75, 3.05) is 5.73 Å². The summed E-state index contributed by atoms with van der Waals surface area (Å²) in [6, 6.07) is 7.42. The van der Waals surface area contributed by atoms with E-state index in [4.69, 9.17) is 14.8 Å². The molecule has 0 aliphatic carbocycles. The SMILES string of the molecule is CC1CC(C)O[P](O)(Cc2ccc(N)cc2)O1. The maximum absolute atomic E-state index is 10.4. The smallest absolute Gasteiger partial charge is 0.235 e. The van der Waals surface area contributed by atoms with Gasteiger partial charge in [0.2, 0.25) is 7.94 Å². The van der Waals surface area contributed by atoms with Crippen molar-refractivity contribution < 1.29 is 13.9 Å². The van der Waals surface area contributed by atoms with E-state index in [0.29, 0.717) is 11.8 Å². The number of nitrogen functional groups attached to an aromatic ring is 1. The highest BCUT2D eigenvalue weighted by Crippen LogP contribution is 2.64. The van der Waals surface area contributed by atoms with Crippen LogP contribution in [0.3, 0.4) is 0 Å². The fraction of sp³-hybridized carbons (Fsp3) is 0.500. The zero-order chi connectivity index (χ0) is 12.5. The van der Waals surface area contributed by atoms with Gasteiger partial charge < -0.3 is 19.7 Å². The quantitative estimate of drug-likeness (QED) is 0.630. The van der Waals surface area contributed by atoms with Crippen LogP contribution in [-0.4, -0.2) is 17.1 Å². The van der Waals surface area contributed by atoms with E-state index in [2.05, 4.69) is 0 Å². The molecule has 2 unspecified atom stereocenters. The number of hydrogen-bond donors (Lipinski definition) is 2. The summed E-state index contributed by atoms with van der Waals surface area (Å²) in [5.74, 6) is 0. The van der Waals surface area contributed by atoms with Crippen LogP contribution < -0.4 is 5.73 Å². The second-order valence-corrected chi connectivity index (χ2v) is 6.62. The monoisotopic (exact) mass is 256 g/mol. The van der Waals surface area contributed by atoms with Crippen LogP contribution in [0, 0.1) is 0 Å². The van der Waals surface area contributed by atoms with Crippen molar-refractivity contribution in [2.24, 2.45) is 0 Å². The number of hydrogen-bond acceptors (Lipinski definition) is 4. The van der Waals surface area contributed by atoms with Crippen LogP contribution in [0.4, 0.5) is 5.69 Å². The van der Waals surface area contributed by atoms with Gasteiger partial charge in [0, 0.05) is 12.1 Å². The highest BCUT2D eigenvalue weighted by molar-refractivity contribution is 7.59. The minimum absolute atomic E-state index is 0.0471. The molecule has 0 aromatic heterocycles. The number of anilines is 1. The Morgan fingerprint density at radius 3 is 2.29 bits per heavy atom. The van der Waals surface area contributed by atoms with Crippen molar-refractivity contribution >= 4 is 13.6 Å². The molecular weight excluding hydrogens is 237 g/mol. The van der Waals surface area contributed by atoms with E-state index in [1.54, 1.807) is 0 Å². The van der Waals surface area contributed by atoms with E-state index in [0.717, 1.165) is 12.0 Å². The Morgan fingerprint density at radius 1 is 1.24 bits per heavy atom. The van der Waals surface area contributed by atoms with E-state index in [1.807, 2.05) is 38.1 Å². The second-order valence-electron chi connectivity index (χ2n) is 4.60. The molecule has 95 valence electrons. The zero-order valence-electron chi connectivity index (χ0n) is 10.2. The molecule has 1 aliphatic rings. The van der Waals surface area contributed by atoms with E-state index >= 15 is 0 Å². The van der Waals surface area contributed by atoms with Crippen molar-refractivity contribution in [1.82, 2.24) is 0 Å². The second kappa shape index (κ2) is 4.91. The van der Waals surface area contributed by atoms with Gasteiger partial charge in [-0.3, -0.25) is 0 Å². The third kappa shape index (κ3) is 3.39. The summed E-state index contributed by atoms with van der Waals surface area (Å²) >= 11 is 0. The molecule has 0 bridgehead atoms. The first-order chi connectivity index (χ1) is 7.97. The Hall–Kier alpha value is -0.670. The molecule has 1 saturated heterocycles. The standard InChI is InChI=1S/C12H19NO3P/c1-9-7-10(2)16-17(14,15-9)8-11-3-5-12(13)6-4-11/h3-6,9-10,14H,7-8,13H2,1-2H3. The molecule has 1 aliphatic heterocycles. The summed E-state index contributed by atoms with van der Waals surface area (Å²) in [6.07, 6.45) is 1.34. The van der Waals surface area contributed by atoms with Crippen LogP contribution in [0.25, 0.3) is 0 Å². The fourth-order valence-electron chi connectivity index (χ4n) is 2.07. The van der Waals surface area contributed by atoms with Gasteiger partial charge in [0.05, 0.1) is 18.4 Å². The van der Waals surface area contributed by atoms with E-state index in [9.17, 15) is 4.89 Å². The van der Waals surface area contributed by atoms with E-state index < -0.39 is 7.94 Å². The lowest BCUT2D eigenvalue weighted by Gasteiger charge is -2.39. The molecule has 0 spiro atoms. The summed E-state index contributed by atoms with van der Waals surface area (Å²) < 4.78 is 11.2. The number of benzene rings is 1. The first kappa shape index (κ1) is 12.8. The number of nitrogens with two attached hydrogens (primary N) is 1. The normalized spacial score (nSPS) is 33.6. The predicted octanol–water partition coefficient (Wildman–Crippen LogP) is 2.74. The van der Waals surface area contributed by atoms with Crippen molar-refractivity contribution in [3.63, 3.8) is 0 Å². The molecule has 1 fully saturated rings. The molecule has 2 atom stereocenters. The first-order valence-corrected chi connectivity index (χ1v) is 7.55. The summed E-state index contributed by atoms with van der Waals surface area (Å²) in [4.78, 5) is 10.4. The van der Waals surface area contributed by atoms with Crippen LogP contribution >= 0.6 is 7.94 Å². The van der Waals surface area contributed by atoms with E-state index in [1.165, 1.54) is 0 Å².